The smallest absolute Gasteiger partial charge is 0.0560 e. The summed E-state index contributed by atoms with van der Waals surface area (Å²) in [6.45, 7) is 3.64. The quantitative estimate of drug-likeness (QED) is 0.554. The molecule has 1 heterocycles. The Labute approximate surface area is 61.3 Å². The van der Waals surface area contributed by atoms with Crippen LogP contribution in [0.1, 0.15) is 6.92 Å². The molecule has 3 nitrogen and oxygen atoms in total. The lowest BCUT2D eigenvalue weighted by molar-refractivity contribution is -0.103. The van der Waals surface area contributed by atoms with Crippen LogP contribution in [-0.2, 0) is 4.74 Å². The molecule has 0 spiro atoms. The minimum absolute atomic E-state index is 0.0475. The average Bonchev–Trinajstić information content (AvgIpc) is 1.83. The molecule has 3 heteroatoms. The van der Waals surface area contributed by atoms with Crippen LogP contribution in [0.15, 0.2) is 4.99 Å². The molecule has 0 aromatic heterocycles. The summed E-state index contributed by atoms with van der Waals surface area (Å²) in [5, 5.41) is 0. The fourth-order valence-corrected chi connectivity index (χ4v) is 0.957. The van der Waals surface area contributed by atoms with Crippen molar-refractivity contribution in [1.82, 2.24) is 0 Å². The third-order valence-electron chi connectivity index (χ3n) is 1.98. The van der Waals surface area contributed by atoms with Crippen LogP contribution in [0.25, 0.3) is 0 Å². The summed E-state index contributed by atoms with van der Waals surface area (Å²) in [6.07, 6.45) is 1.78. The van der Waals surface area contributed by atoms with Gasteiger partial charge in [-0.3, -0.25) is 4.99 Å². The van der Waals surface area contributed by atoms with Gasteiger partial charge in [0.25, 0.3) is 0 Å². The maximum atomic E-state index is 5.79. The largest absolute Gasteiger partial charge is 0.380 e. The molecule has 1 aliphatic rings. The average molecular weight is 142 g/mol. The second-order valence-corrected chi connectivity index (χ2v) is 3.08. The first-order valence-corrected chi connectivity index (χ1v) is 3.45. The van der Waals surface area contributed by atoms with Crippen molar-refractivity contribution in [3.05, 3.63) is 0 Å². The lowest BCUT2D eigenvalue weighted by Crippen LogP contribution is -2.53. The molecule has 0 aromatic carbocycles. The highest BCUT2D eigenvalue weighted by Gasteiger charge is 2.38. The van der Waals surface area contributed by atoms with Crippen LogP contribution in [0, 0.1) is 5.41 Å². The summed E-state index contributed by atoms with van der Waals surface area (Å²) >= 11 is 0. The predicted octanol–water partition coefficient (Wildman–Crippen LogP) is 0.0508. The van der Waals surface area contributed by atoms with Crippen molar-refractivity contribution >= 4 is 6.21 Å². The van der Waals surface area contributed by atoms with Crippen molar-refractivity contribution in [2.75, 3.05) is 20.3 Å². The second kappa shape index (κ2) is 2.68. The molecule has 10 heavy (non-hydrogen) atoms. The molecule has 0 saturated carbocycles. The van der Waals surface area contributed by atoms with Gasteiger partial charge in [0.05, 0.1) is 13.2 Å². The van der Waals surface area contributed by atoms with Crippen LogP contribution in [-0.4, -0.2) is 32.5 Å². The molecule has 58 valence electrons. The van der Waals surface area contributed by atoms with E-state index in [1.54, 1.807) is 13.3 Å². The highest BCUT2D eigenvalue weighted by atomic mass is 16.5. The molecule has 0 aliphatic carbocycles. The van der Waals surface area contributed by atoms with Crippen molar-refractivity contribution in [2.24, 2.45) is 16.1 Å². The second-order valence-electron chi connectivity index (χ2n) is 3.08. The zero-order valence-corrected chi connectivity index (χ0v) is 6.50. The molecular weight excluding hydrogens is 128 g/mol. The summed E-state index contributed by atoms with van der Waals surface area (Å²) in [6, 6.07) is 0.0475. The number of nitrogens with zero attached hydrogens (tertiary/aromatic N) is 1. The molecule has 0 amide bonds. The van der Waals surface area contributed by atoms with Gasteiger partial charge in [-0.05, 0) is 0 Å². The number of ether oxygens (including phenoxy) is 1. The Hall–Kier alpha value is -0.410. The van der Waals surface area contributed by atoms with Crippen LogP contribution in [0.3, 0.4) is 0 Å². The summed E-state index contributed by atoms with van der Waals surface area (Å²) in [5.74, 6) is 0. The lowest BCUT2D eigenvalue weighted by Gasteiger charge is -2.41. The van der Waals surface area contributed by atoms with Crippen LogP contribution < -0.4 is 5.73 Å². The van der Waals surface area contributed by atoms with Crippen LogP contribution in [0.5, 0.6) is 0 Å². The maximum Gasteiger partial charge on any atom is 0.0560 e. The van der Waals surface area contributed by atoms with E-state index < -0.39 is 0 Å². The van der Waals surface area contributed by atoms with Gasteiger partial charge in [-0.25, -0.2) is 0 Å². The first-order valence-electron chi connectivity index (χ1n) is 3.45. The number of rotatable bonds is 2. The Balaban J connectivity index is 2.46. The van der Waals surface area contributed by atoms with Gasteiger partial charge in [0.1, 0.15) is 0 Å². The third kappa shape index (κ3) is 1.20. The molecule has 1 atom stereocenters. The fraction of sp³-hybridized carbons (Fsp3) is 0.857. The Morgan fingerprint density at radius 1 is 1.70 bits per heavy atom. The topological polar surface area (TPSA) is 47.6 Å². The Morgan fingerprint density at radius 2 is 2.30 bits per heavy atom. The Bertz CT molecular complexity index is 141. The van der Waals surface area contributed by atoms with Crippen molar-refractivity contribution in [3.8, 4) is 0 Å². The van der Waals surface area contributed by atoms with E-state index >= 15 is 0 Å². The van der Waals surface area contributed by atoms with Gasteiger partial charge in [-0.2, -0.15) is 0 Å². The predicted molar refractivity (Wildman–Crippen MR) is 41.3 cm³/mol. The first-order chi connectivity index (χ1) is 4.69. The van der Waals surface area contributed by atoms with E-state index in [-0.39, 0.29) is 11.5 Å². The summed E-state index contributed by atoms with van der Waals surface area (Å²) in [4.78, 5) is 3.88. The Kier molecular flexibility index (Phi) is 2.06. The van der Waals surface area contributed by atoms with Crippen LogP contribution >= 0.6 is 0 Å². The highest BCUT2D eigenvalue weighted by Crippen LogP contribution is 2.28. The molecule has 0 aromatic rings. The molecule has 2 N–H and O–H groups in total. The van der Waals surface area contributed by atoms with Crippen molar-refractivity contribution in [3.63, 3.8) is 0 Å². The zero-order valence-electron chi connectivity index (χ0n) is 6.50. The standard InChI is InChI=1S/C7H14N2O/c1-7(4-10-5-7)6(8)3-9-2/h3,6H,4-5,8H2,1-2H3. The number of nitrogens with two attached hydrogens (primary N) is 1. The van der Waals surface area contributed by atoms with E-state index in [1.165, 1.54) is 0 Å². The van der Waals surface area contributed by atoms with Gasteiger partial charge in [0.2, 0.25) is 0 Å². The van der Waals surface area contributed by atoms with E-state index in [4.69, 9.17) is 10.5 Å². The number of hydrogen-bond acceptors (Lipinski definition) is 3. The van der Waals surface area contributed by atoms with Gasteiger partial charge in [0, 0.05) is 24.7 Å². The van der Waals surface area contributed by atoms with Gasteiger partial charge in [-0.1, -0.05) is 6.92 Å². The first kappa shape index (κ1) is 7.69. The molecule has 1 aliphatic heterocycles. The van der Waals surface area contributed by atoms with E-state index in [9.17, 15) is 0 Å². The Morgan fingerprint density at radius 3 is 2.60 bits per heavy atom. The number of hydrogen-bond donors (Lipinski definition) is 1. The molecule has 1 rings (SSSR count). The normalized spacial score (nSPS) is 26.3. The highest BCUT2D eigenvalue weighted by molar-refractivity contribution is 5.65. The van der Waals surface area contributed by atoms with E-state index in [0.29, 0.717) is 0 Å². The minimum atomic E-state index is 0.0475. The van der Waals surface area contributed by atoms with Crippen molar-refractivity contribution in [1.29, 1.82) is 0 Å². The third-order valence-corrected chi connectivity index (χ3v) is 1.98. The SMILES string of the molecule is CN=CC(N)C1(C)COC1. The monoisotopic (exact) mass is 142 g/mol. The van der Waals surface area contributed by atoms with E-state index in [1.807, 2.05) is 0 Å². The summed E-state index contributed by atoms with van der Waals surface area (Å²) in [5.41, 5.74) is 5.93. The zero-order chi connectivity index (χ0) is 7.61. The minimum Gasteiger partial charge on any atom is -0.380 e. The van der Waals surface area contributed by atoms with E-state index in [2.05, 4.69) is 11.9 Å². The van der Waals surface area contributed by atoms with Gasteiger partial charge in [0.15, 0.2) is 0 Å². The molecule has 1 fully saturated rings. The lowest BCUT2D eigenvalue weighted by atomic mass is 9.81. The molecule has 1 saturated heterocycles. The van der Waals surface area contributed by atoms with Gasteiger partial charge >= 0.3 is 0 Å². The van der Waals surface area contributed by atoms with Gasteiger partial charge in [-0.15, -0.1) is 0 Å². The molecule has 0 bridgehead atoms. The summed E-state index contributed by atoms with van der Waals surface area (Å²) < 4.78 is 5.06. The maximum absolute atomic E-state index is 5.79. The van der Waals surface area contributed by atoms with Gasteiger partial charge < -0.3 is 10.5 Å². The summed E-state index contributed by atoms with van der Waals surface area (Å²) in [7, 11) is 1.74. The van der Waals surface area contributed by atoms with Crippen LogP contribution in [0.4, 0.5) is 0 Å². The molecule has 1 unspecified atom stereocenters. The van der Waals surface area contributed by atoms with Crippen LogP contribution in [0.2, 0.25) is 0 Å². The van der Waals surface area contributed by atoms with Crippen molar-refractivity contribution in [2.45, 2.75) is 13.0 Å². The van der Waals surface area contributed by atoms with E-state index in [0.717, 1.165) is 13.2 Å². The number of aliphatic imine (C=N–C) groups is 1. The molecular formula is C7H14N2O. The fourth-order valence-electron chi connectivity index (χ4n) is 0.957. The van der Waals surface area contributed by atoms with Crippen molar-refractivity contribution < 1.29 is 4.74 Å². The molecule has 0 radical (unpaired) electrons.